The van der Waals surface area contributed by atoms with Gasteiger partial charge >= 0.3 is 0 Å². The maximum atomic E-state index is 12.6. The Morgan fingerprint density at radius 1 is 1.08 bits per heavy atom. The number of ether oxygens (including phenoxy) is 2. The third kappa shape index (κ3) is 3.70. The average Bonchev–Trinajstić information content (AvgIpc) is 3.02. The molecule has 0 aliphatic heterocycles. The Balaban J connectivity index is 1.75. The quantitative estimate of drug-likeness (QED) is 0.683. The SMILES string of the molecule is COc1cccc(OC)c1C(=O)NC(=S)Nc1nc2ccccc2s1. The third-order valence-corrected chi connectivity index (χ3v) is 4.55. The lowest BCUT2D eigenvalue weighted by Crippen LogP contribution is -2.34. The molecule has 128 valence electrons. The molecule has 8 heteroatoms. The molecule has 0 saturated carbocycles. The topological polar surface area (TPSA) is 72.5 Å². The molecule has 2 aromatic carbocycles. The maximum Gasteiger partial charge on any atom is 0.264 e. The van der Waals surface area contributed by atoms with Gasteiger partial charge in [0.05, 0.1) is 24.4 Å². The molecule has 3 rings (SSSR count). The van der Waals surface area contributed by atoms with E-state index in [1.807, 2.05) is 24.3 Å². The van der Waals surface area contributed by atoms with Crippen molar-refractivity contribution < 1.29 is 14.3 Å². The monoisotopic (exact) mass is 373 g/mol. The van der Waals surface area contributed by atoms with Gasteiger partial charge < -0.3 is 14.8 Å². The van der Waals surface area contributed by atoms with Gasteiger partial charge in [-0.2, -0.15) is 0 Å². The molecule has 0 aliphatic rings. The summed E-state index contributed by atoms with van der Waals surface area (Å²) in [5.74, 6) is 0.382. The second-order valence-electron chi connectivity index (χ2n) is 4.93. The first-order valence-corrected chi connectivity index (χ1v) is 8.53. The highest BCUT2D eigenvalue weighted by atomic mass is 32.1. The van der Waals surface area contributed by atoms with E-state index in [1.54, 1.807) is 18.2 Å². The number of anilines is 1. The molecular formula is C17H15N3O3S2. The van der Waals surface area contributed by atoms with Crippen LogP contribution in [-0.2, 0) is 0 Å². The molecule has 0 bridgehead atoms. The zero-order valence-electron chi connectivity index (χ0n) is 13.5. The van der Waals surface area contributed by atoms with Crippen molar-refractivity contribution in [3.8, 4) is 11.5 Å². The number of thiocarbonyl (C=S) groups is 1. The minimum atomic E-state index is -0.423. The Bertz CT molecular complexity index is 885. The van der Waals surface area contributed by atoms with Crippen LogP contribution in [0.5, 0.6) is 11.5 Å². The molecule has 2 N–H and O–H groups in total. The smallest absolute Gasteiger partial charge is 0.264 e. The fourth-order valence-corrected chi connectivity index (χ4v) is 3.42. The standard InChI is InChI=1S/C17H15N3O3S2/c1-22-11-7-5-8-12(23-2)14(11)15(21)19-16(24)20-17-18-10-6-3-4-9-13(10)25-17/h3-9H,1-2H3,(H2,18,19,20,21,24). The Kier molecular flexibility index (Phi) is 5.11. The van der Waals surface area contributed by atoms with Crippen LogP contribution in [0.4, 0.5) is 5.13 Å². The van der Waals surface area contributed by atoms with Crippen molar-refractivity contribution in [1.29, 1.82) is 0 Å². The van der Waals surface area contributed by atoms with E-state index in [4.69, 9.17) is 21.7 Å². The zero-order chi connectivity index (χ0) is 17.8. The number of rotatable bonds is 4. The Morgan fingerprint density at radius 3 is 2.40 bits per heavy atom. The van der Waals surface area contributed by atoms with E-state index in [1.165, 1.54) is 25.6 Å². The Labute approximate surface area is 153 Å². The number of benzene rings is 2. The molecule has 1 heterocycles. The molecule has 25 heavy (non-hydrogen) atoms. The summed E-state index contributed by atoms with van der Waals surface area (Å²) in [5.41, 5.74) is 1.15. The van der Waals surface area contributed by atoms with Gasteiger partial charge in [0.1, 0.15) is 17.1 Å². The third-order valence-electron chi connectivity index (χ3n) is 3.40. The molecule has 0 radical (unpaired) electrons. The van der Waals surface area contributed by atoms with Crippen molar-refractivity contribution in [3.63, 3.8) is 0 Å². The number of thiazole rings is 1. The van der Waals surface area contributed by atoms with Crippen molar-refractivity contribution >= 4 is 49.9 Å². The average molecular weight is 373 g/mol. The lowest BCUT2D eigenvalue weighted by atomic mass is 10.1. The highest BCUT2D eigenvalue weighted by Crippen LogP contribution is 2.28. The molecule has 0 fully saturated rings. The molecule has 0 unspecified atom stereocenters. The number of carbonyl (C=O) groups excluding carboxylic acids is 1. The molecule has 6 nitrogen and oxygen atoms in total. The highest BCUT2D eigenvalue weighted by Gasteiger charge is 2.19. The summed E-state index contributed by atoms with van der Waals surface area (Å²) in [6.07, 6.45) is 0. The van der Waals surface area contributed by atoms with Gasteiger partial charge in [0.25, 0.3) is 5.91 Å². The molecule has 3 aromatic rings. The summed E-state index contributed by atoms with van der Waals surface area (Å²) in [7, 11) is 2.98. The van der Waals surface area contributed by atoms with Crippen LogP contribution in [0.1, 0.15) is 10.4 Å². The van der Waals surface area contributed by atoms with Crippen LogP contribution in [0.15, 0.2) is 42.5 Å². The van der Waals surface area contributed by atoms with Crippen LogP contribution in [0, 0.1) is 0 Å². The number of nitrogens with one attached hydrogen (secondary N) is 2. The molecule has 0 atom stereocenters. The van der Waals surface area contributed by atoms with Gasteiger partial charge in [-0.25, -0.2) is 4.98 Å². The first-order valence-electron chi connectivity index (χ1n) is 7.31. The number of amides is 1. The van der Waals surface area contributed by atoms with Crippen LogP contribution >= 0.6 is 23.6 Å². The van der Waals surface area contributed by atoms with Crippen molar-refractivity contribution in [2.75, 3.05) is 19.5 Å². The van der Waals surface area contributed by atoms with Crippen molar-refractivity contribution in [1.82, 2.24) is 10.3 Å². The molecular weight excluding hydrogens is 358 g/mol. The largest absolute Gasteiger partial charge is 0.496 e. The van der Waals surface area contributed by atoms with Crippen molar-refractivity contribution in [2.45, 2.75) is 0 Å². The van der Waals surface area contributed by atoms with Gasteiger partial charge in [-0.05, 0) is 36.5 Å². The van der Waals surface area contributed by atoms with E-state index in [2.05, 4.69) is 15.6 Å². The summed E-state index contributed by atoms with van der Waals surface area (Å²) in [6.45, 7) is 0. The fourth-order valence-electron chi connectivity index (χ4n) is 2.29. The second-order valence-corrected chi connectivity index (χ2v) is 6.37. The number of fused-ring (bicyclic) bond motifs is 1. The van der Waals surface area contributed by atoms with E-state index in [0.29, 0.717) is 16.6 Å². The lowest BCUT2D eigenvalue weighted by Gasteiger charge is -2.13. The fraction of sp³-hybridized carbons (Fsp3) is 0.118. The minimum absolute atomic E-state index is 0.150. The number of para-hydroxylation sites is 1. The predicted octanol–water partition coefficient (Wildman–Crippen LogP) is 3.44. The summed E-state index contributed by atoms with van der Waals surface area (Å²) in [6, 6.07) is 12.9. The van der Waals surface area contributed by atoms with Crippen LogP contribution in [0.3, 0.4) is 0 Å². The van der Waals surface area contributed by atoms with E-state index in [0.717, 1.165) is 10.2 Å². The van der Waals surface area contributed by atoms with Gasteiger partial charge in [-0.1, -0.05) is 29.5 Å². The van der Waals surface area contributed by atoms with Crippen molar-refractivity contribution in [2.24, 2.45) is 0 Å². The molecule has 1 aromatic heterocycles. The van der Waals surface area contributed by atoms with Gasteiger partial charge in [-0.3, -0.25) is 10.1 Å². The van der Waals surface area contributed by atoms with Gasteiger partial charge in [0, 0.05) is 0 Å². The van der Waals surface area contributed by atoms with Crippen LogP contribution < -0.4 is 20.1 Å². The number of hydrogen-bond acceptors (Lipinski definition) is 6. The molecule has 0 aliphatic carbocycles. The summed E-state index contributed by atoms with van der Waals surface area (Å²) in [5, 5.41) is 6.32. The first kappa shape index (κ1) is 17.1. The molecule has 0 spiro atoms. The maximum absolute atomic E-state index is 12.6. The van der Waals surface area contributed by atoms with Gasteiger partial charge in [0.15, 0.2) is 10.2 Å². The van der Waals surface area contributed by atoms with Crippen LogP contribution in [0.2, 0.25) is 0 Å². The van der Waals surface area contributed by atoms with Crippen LogP contribution in [-0.4, -0.2) is 30.2 Å². The molecule has 0 saturated heterocycles. The number of nitrogens with zero attached hydrogens (tertiary/aromatic N) is 1. The first-order chi connectivity index (χ1) is 12.1. The van der Waals surface area contributed by atoms with E-state index < -0.39 is 5.91 Å². The zero-order valence-corrected chi connectivity index (χ0v) is 15.2. The Morgan fingerprint density at radius 2 is 1.76 bits per heavy atom. The second kappa shape index (κ2) is 7.45. The number of hydrogen-bond donors (Lipinski definition) is 2. The van der Waals surface area contributed by atoms with E-state index in [9.17, 15) is 4.79 Å². The normalized spacial score (nSPS) is 10.3. The van der Waals surface area contributed by atoms with Gasteiger partial charge in [0.2, 0.25) is 0 Å². The van der Waals surface area contributed by atoms with Crippen molar-refractivity contribution in [3.05, 3.63) is 48.0 Å². The number of methoxy groups -OCH3 is 2. The van der Waals surface area contributed by atoms with Crippen LogP contribution in [0.25, 0.3) is 10.2 Å². The summed E-state index contributed by atoms with van der Waals surface area (Å²) < 4.78 is 11.5. The highest BCUT2D eigenvalue weighted by molar-refractivity contribution is 7.80. The molecule has 1 amide bonds. The van der Waals surface area contributed by atoms with E-state index >= 15 is 0 Å². The Hall–Kier alpha value is -2.71. The number of carbonyl (C=O) groups is 1. The lowest BCUT2D eigenvalue weighted by molar-refractivity contribution is 0.0971. The van der Waals surface area contributed by atoms with E-state index in [-0.39, 0.29) is 10.7 Å². The number of aromatic nitrogens is 1. The summed E-state index contributed by atoms with van der Waals surface area (Å²) in [4.78, 5) is 17.0. The van der Waals surface area contributed by atoms with Gasteiger partial charge in [-0.15, -0.1) is 0 Å². The summed E-state index contributed by atoms with van der Waals surface area (Å²) >= 11 is 6.67. The minimum Gasteiger partial charge on any atom is -0.496 e. The predicted molar refractivity (Wildman–Crippen MR) is 103 cm³/mol.